The molecule has 1 N–H and O–H groups in total. The largest absolute Gasteiger partial charge is 0.437 e. The van der Waals surface area contributed by atoms with E-state index in [4.69, 9.17) is 16.3 Å². The second-order valence-electron chi connectivity index (χ2n) is 4.93. The average Bonchev–Trinajstić information content (AvgIpc) is 2.41. The molecule has 5 heteroatoms. The second kappa shape index (κ2) is 7.22. The highest BCUT2D eigenvalue weighted by molar-refractivity contribution is 6.30. The lowest BCUT2D eigenvalue weighted by molar-refractivity contribution is 0.455. The third kappa shape index (κ3) is 4.79. The molecular formula is C15H18ClN3O. The van der Waals surface area contributed by atoms with Crippen molar-refractivity contribution in [2.75, 3.05) is 6.54 Å². The maximum atomic E-state index is 5.83. The van der Waals surface area contributed by atoms with Crippen molar-refractivity contribution in [1.29, 1.82) is 0 Å². The number of nitrogens with one attached hydrogen (secondary N) is 1. The number of nitrogens with zero attached hydrogens (tertiary/aromatic N) is 2. The Kier molecular flexibility index (Phi) is 5.32. The summed E-state index contributed by atoms with van der Waals surface area (Å²) in [6.45, 7) is 5.96. The molecule has 2 rings (SSSR count). The first-order chi connectivity index (χ1) is 9.63. The molecule has 0 aliphatic rings. The number of rotatable bonds is 6. The molecule has 1 aromatic carbocycles. The minimum atomic E-state index is 0.483. The quantitative estimate of drug-likeness (QED) is 0.882. The van der Waals surface area contributed by atoms with Crippen LogP contribution in [-0.2, 0) is 6.54 Å². The van der Waals surface area contributed by atoms with Crippen molar-refractivity contribution in [2.45, 2.75) is 20.4 Å². The molecule has 1 heterocycles. The lowest BCUT2D eigenvalue weighted by Gasteiger charge is -2.08. The molecule has 0 spiro atoms. The van der Waals surface area contributed by atoms with Gasteiger partial charge in [-0.25, -0.2) is 4.98 Å². The van der Waals surface area contributed by atoms with E-state index in [1.165, 1.54) is 0 Å². The number of ether oxygens (including phenoxy) is 1. The molecular weight excluding hydrogens is 274 g/mol. The fraction of sp³-hybridized carbons (Fsp3) is 0.333. The van der Waals surface area contributed by atoms with Crippen LogP contribution < -0.4 is 10.1 Å². The minimum Gasteiger partial charge on any atom is -0.437 e. The van der Waals surface area contributed by atoms with Gasteiger partial charge in [0.2, 0.25) is 5.88 Å². The van der Waals surface area contributed by atoms with E-state index in [2.05, 4.69) is 29.1 Å². The Bertz CT molecular complexity index is 543. The highest BCUT2D eigenvalue weighted by Crippen LogP contribution is 2.20. The second-order valence-corrected chi connectivity index (χ2v) is 5.37. The van der Waals surface area contributed by atoms with Gasteiger partial charge < -0.3 is 10.1 Å². The molecule has 0 fully saturated rings. The van der Waals surface area contributed by atoms with Crippen LogP contribution in [0.1, 0.15) is 19.5 Å². The van der Waals surface area contributed by atoms with Crippen LogP contribution in [0.5, 0.6) is 11.6 Å². The van der Waals surface area contributed by atoms with E-state index in [0.717, 1.165) is 12.2 Å². The smallest absolute Gasteiger partial charge is 0.238 e. The van der Waals surface area contributed by atoms with Crippen LogP contribution in [0.2, 0.25) is 5.02 Å². The number of aromatic nitrogens is 2. The SMILES string of the molecule is CC(C)CNCc1cncc(Oc2ccc(Cl)cc2)n1. The van der Waals surface area contributed by atoms with Gasteiger partial charge in [-0.1, -0.05) is 25.4 Å². The van der Waals surface area contributed by atoms with Crippen LogP contribution in [0, 0.1) is 5.92 Å². The standard InChI is InChI=1S/C15H18ClN3O/c1-11(2)7-17-8-13-9-18-10-15(19-13)20-14-5-3-12(16)4-6-14/h3-6,9-11,17H,7-8H2,1-2H3. The van der Waals surface area contributed by atoms with Crippen molar-refractivity contribution in [1.82, 2.24) is 15.3 Å². The maximum absolute atomic E-state index is 5.83. The van der Waals surface area contributed by atoms with Crippen LogP contribution >= 0.6 is 11.6 Å². The van der Waals surface area contributed by atoms with Crippen molar-refractivity contribution in [3.05, 3.63) is 47.4 Å². The molecule has 0 amide bonds. The first-order valence-electron chi connectivity index (χ1n) is 6.58. The summed E-state index contributed by atoms with van der Waals surface area (Å²) in [5.74, 6) is 1.78. The molecule has 0 unspecified atom stereocenters. The van der Waals surface area contributed by atoms with E-state index in [0.29, 0.717) is 29.1 Å². The van der Waals surface area contributed by atoms with Gasteiger partial charge in [0.05, 0.1) is 11.9 Å². The third-order valence-electron chi connectivity index (χ3n) is 2.56. The molecule has 0 saturated heterocycles. The Morgan fingerprint density at radius 3 is 2.65 bits per heavy atom. The van der Waals surface area contributed by atoms with E-state index in [1.54, 1.807) is 36.7 Å². The Balaban J connectivity index is 1.96. The molecule has 0 radical (unpaired) electrons. The molecule has 0 aliphatic heterocycles. The third-order valence-corrected chi connectivity index (χ3v) is 2.81. The fourth-order valence-electron chi connectivity index (χ4n) is 1.63. The van der Waals surface area contributed by atoms with Crippen molar-refractivity contribution < 1.29 is 4.74 Å². The van der Waals surface area contributed by atoms with Crippen molar-refractivity contribution in [3.8, 4) is 11.6 Å². The van der Waals surface area contributed by atoms with Crippen molar-refractivity contribution in [3.63, 3.8) is 0 Å². The summed E-state index contributed by atoms with van der Waals surface area (Å²) in [5, 5.41) is 4.00. The molecule has 0 aliphatic carbocycles. The lowest BCUT2D eigenvalue weighted by Crippen LogP contribution is -2.19. The fourth-order valence-corrected chi connectivity index (χ4v) is 1.76. The number of halogens is 1. The maximum Gasteiger partial charge on any atom is 0.238 e. The van der Waals surface area contributed by atoms with E-state index in [9.17, 15) is 0 Å². The average molecular weight is 292 g/mol. The summed E-state index contributed by atoms with van der Waals surface area (Å²) >= 11 is 5.83. The Morgan fingerprint density at radius 2 is 1.95 bits per heavy atom. The molecule has 0 bridgehead atoms. The highest BCUT2D eigenvalue weighted by Gasteiger charge is 2.02. The van der Waals surface area contributed by atoms with Gasteiger partial charge in [0.15, 0.2) is 0 Å². The van der Waals surface area contributed by atoms with Gasteiger partial charge in [-0.15, -0.1) is 0 Å². The highest BCUT2D eigenvalue weighted by atomic mass is 35.5. The van der Waals surface area contributed by atoms with Gasteiger partial charge in [-0.2, -0.15) is 0 Å². The monoisotopic (exact) mass is 291 g/mol. The molecule has 4 nitrogen and oxygen atoms in total. The van der Waals surface area contributed by atoms with E-state index < -0.39 is 0 Å². The Morgan fingerprint density at radius 1 is 1.20 bits per heavy atom. The predicted octanol–water partition coefficient (Wildman–Crippen LogP) is 3.67. The van der Waals surface area contributed by atoms with E-state index >= 15 is 0 Å². The number of benzene rings is 1. The van der Waals surface area contributed by atoms with E-state index in [1.807, 2.05) is 0 Å². The molecule has 0 atom stereocenters. The van der Waals surface area contributed by atoms with Gasteiger partial charge in [-0.3, -0.25) is 4.98 Å². The van der Waals surface area contributed by atoms with Gasteiger partial charge in [0, 0.05) is 17.8 Å². The molecule has 1 aromatic heterocycles. The van der Waals surface area contributed by atoms with Crippen LogP contribution in [0.25, 0.3) is 0 Å². The zero-order valence-corrected chi connectivity index (χ0v) is 12.4. The summed E-state index contributed by atoms with van der Waals surface area (Å²) in [7, 11) is 0. The Hall–Kier alpha value is -1.65. The minimum absolute atomic E-state index is 0.483. The van der Waals surface area contributed by atoms with Crippen LogP contribution in [0.4, 0.5) is 0 Å². The molecule has 0 saturated carbocycles. The van der Waals surface area contributed by atoms with Crippen molar-refractivity contribution >= 4 is 11.6 Å². The van der Waals surface area contributed by atoms with Gasteiger partial charge in [0.1, 0.15) is 5.75 Å². The normalized spacial score (nSPS) is 10.8. The Labute approximate surface area is 124 Å². The molecule has 2 aromatic rings. The summed E-state index contributed by atoms with van der Waals surface area (Å²) in [5.41, 5.74) is 0.858. The number of hydrogen-bond donors (Lipinski definition) is 1. The summed E-state index contributed by atoms with van der Waals surface area (Å²) in [6, 6.07) is 7.15. The molecule has 20 heavy (non-hydrogen) atoms. The van der Waals surface area contributed by atoms with Crippen molar-refractivity contribution in [2.24, 2.45) is 5.92 Å². The van der Waals surface area contributed by atoms with Gasteiger partial charge >= 0.3 is 0 Å². The zero-order chi connectivity index (χ0) is 14.4. The summed E-state index contributed by atoms with van der Waals surface area (Å²) in [6.07, 6.45) is 3.34. The topological polar surface area (TPSA) is 47.0 Å². The first kappa shape index (κ1) is 14.8. The lowest BCUT2D eigenvalue weighted by atomic mass is 10.2. The predicted molar refractivity (Wildman–Crippen MR) is 80.1 cm³/mol. The molecule has 106 valence electrons. The number of hydrogen-bond acceptors (Lipinski definition) is 4. The van der Waals surface area contributed by atoms with Crippen LogP contribution in [0.15, 0.2) is 36.7 Å². The summed E-state index contributed by atoms with van der Waals surface area (Å²) < 4.78 is 5.64. The van der Waals surface area contributed by atoms with Gasteiger partial charge in [-0.05, 0) is 36.7 Å². The van der Waals surface area contributed by atoms with Crippen LogP contribution in [-0.4, -0.2) is 16.5 Å². The first-order valence-corrected chi connectivity index (χ1v) is 6.96. The zero-order valence-electron chi connectivity index (χ0n) is 11.6. The van der Waals surface area contributed by atoms with Gasteiger partial charge in [0.25, 0.3) is 0 Å². The van der Waals surface area contributed by atoms with E-state index in [-0.39, 0.29) is 0 Å². The van der Waals surface area contributed by atoms with Crippen LogP contribution in [0.3, 0.4) is 0 Å². The summed E-state index contributed by atoms with van der Waals surface area (Å²) in [4.78, 5) is 8.55.